The SMILES string of the molecule is CCCCCCNCCC(C)CB1OC(C)(C)C(C)(C)O1. The van der Waals surface area contributed by atoms with Crippen molar-refractivity contribution in [3.63, 3.8) is 0 Å². The van der Waals surface area contributed by atoms with E-state index in [0.717, 1.165) is 19.4 Å². The predicted octanol–water partition coefficient (Wildman–Crippen LogP) is 4.27. The average molecular weight is 297 g/mol. The molecule has 0 bridgehead atoms. The van der Waals surface area contributed by atoms with Crippen molar-refractivity contribution in [3.05, 3.63) is 0 Å². The number of hydrogen-bond acceptors (Lipinski definition) is 3. The summed E-state index contributed by atoms with van der Waals surface area (Å²) >= 11 is 0. The third-order valence-electron chi connectivity index (χ3n) is 4.92. The molecule has 0 aliphatic carbocycles. The van der Waals surface area contributed by atoms with E-state index in [0.29, 0.717) is 5.92 Å². The summed E-state index contributed by atoms with van der Waals surface area (Å²) in [6, 6.07) is 0. The molecule has 0 aromatic carbocycles. The maximum absolute atomic E-state index is 6.06. The Morgan fingerprint density at radius 1 is 0.952 bits per heavy atom. The quantitative estimate of drug-likeness (QED) is 0.482. The molecule has 1 heterocycles. The molecule has 1 rings (SSSR count). The van der Waals surface area contributed by atoms with Crippen LogP contribution in [0.3, 0.4) is 0 Å². The first-order valence-electron chi connectivity index (χ1n) is 8.85. The summed E-state index contributed by atoms with van der Waals surface area (Å²) in [7, 11) is -0.0467. The summed E-state index contributed by atoms with van der Waals surface area (Å²) in [6.07, 6.45) is 7.51. The number of nitrogens with one attached hydrogen (secondary N) is 1. The van der Waals surface area contributed by atoms with Crippen LogP contribution in [0.2, 0.25) is 6.32 Å². The Labute approximate surface area is 132 Å². The van der Waals surface area contributed by atoms with Gasteiger partial charge in [0.2, 0.25) is 0 Å². The molecule has 21 heavy (non-hydrogen) atoms. The standard InChI is InChI=1S/C17H36BNO2/c1-7-8-9-10-12-19-13-11-15(2)14-18-20-16(3,4)17(5,6)21-18/h15,19H,7-14H2,1-6H3. The van der Waals surface area contributed by atoms with Gasteiger partial charge in [-0.25, -0.2) is 0 Å². The minimum Gasteiger partial charge on any atom is -0.403 e. The monoisotopic (exact) mass is 297 g/mol. The Kier molecular flexibility index (Phi) is 7.73. The van der Waals surface area contributed by atoms with E-state index in [9.17, 15) is 0 Å². The van der Waals surface area contributed by atoms with Gasteiger partial charge in [-0.05, 0) is 65.9 Å². The Bertz CT molecular complexity index is 279. The number of unbranched alkanes of at least 4 members (excludes halogenated alkanes) is 3. The van der Waals surface area contributed by atoms with Crippen LogP contribution in [0.4, 0.5) is 0 Å². The van der Waals surface area contributed by atoms with Crippen LogP contribution in [0.1, 0.15) is 73.6 Å². The molecule has 0 radical (unpaired) electrons. The van der Waals surface area contributed by atoms with E-state index >= 15 is 0 Å². The van der Waals surface area contributed by atoms with Crippen LogP contribution in [0.15, 0.2) is 0 Å². The zero-order valence-electron chi connectivity index (χ0n) is 15.1. The molecule has 4 heteroatoms. The predicted molar refractivity (Wildman–Crippen MR) is 91.7 cm³/mol. The van der Waals surface area contributed by atoms with Gasteiger partial charge in [-0.3, -0.25) is 0 Å². The minimum atomic E-state index is -0.199. The molecule has 1 saturated heterocycles. The molecule has 3 nitrogen and oxygen atoms in total. The lowest BCUT2D eigenvalue weighted by molar-refractivity contribution is 0.00578. The van der Waals surface area contributed by atoms with E-state index in [4.69, 9.17) is 9.31 Å². The molecule has 0 saturated carbocycles. The fraction of sp³-hybridized carbons (Fsp3) is 1.00. The van der Waals surface area contributed by atoms with Crippen molar-refractivity contribution >= 4 is 7.12 Å². The van der Waals surface area contributed by atoms with Gasteiger partial charge >= 0.3 is 7.12 Å². The molecule has 1 atom stereocenters. The second-order valence-corrected chi connectivity index (χ2v) is 7.63. The molecular weight excluding hydrogens is 261 g/mol. The van der Waals surface area contributed by atoms with Gasteiger partial charge in [-0.15, -0.1) is 0 Å². The summed E-state index contributed by atoms with van der Waals surface area (Å²) < 4.78 is 12.1. The highest BCUT2D eigenvalue weighted by atomic mass is 16.7. The summed E-state index contributed by atoms with van der Waals surface area (Å²) in [5, 5.41) is 3.55. The number of hydrogen-bond donors (Lipinski definition) is 1. The largest absolute Gasteiger partial charge is 0.458 e. The van der Waals surface area contributed by atoms with Gasteiger partial charge in [-0.1, -0.05) is 33.1 Å². The van der Waals surface area contributed by atoms with E-state index < -0.39 is 0 Å². The van der Waals surface area contributed by atoms with E-state index in [1.807, 2.05) is 0 Å². The molecule has 0 aromatic rings. The lowest BCUT2D eigenvalue weighted by atomic mass is 9.77. The molecule has 0 spiro atoms. The second kappa shape index (κ2) is 8.54. The van der Waals surface area contributed by atoms with Gasteiger partial charge in [0, 0.05) is 0 Å². The average Bonchev–Trinajstić information content (AvgIpc) is 2.56. The van der Waals surface area contributed by atoms with Crippen LogP contribution < -0.4 is 5.32 Å². The fourth-order valence-corrected chi connectivity index (χ4v) is 2.66. The first-order valence-corrected chi connectivity index (χ1v) is 8.85. The van der Waals surface area contributed by atoms with Crippen molar-refractivity contribution in [2.24, 2.45) is 5.92 Å². The Hall–Kier alpha value is -0.0551. The molecular formula is C17H36BNO2. The highest BCUT2D eigenvalue weighted by molar-refractivity contribution is 6.45. The van der Waals surface area contributed by atoms with Gasteiger partial charge in [0.05, 0.1) is 11.2 Å². The van der Waals surface area contributed by atoms with E-state index in [1.54, 1.807) is 0 Å². The maximum Gasteiger partial charge on any atom is 0.458 e. The van der Waals surface area contributed by atoms with E-state index in [-0.39, 0.29) is 18.3 Å². The molecule has 1 aliphatic rings. The number of rotatable bonds is 10. The second-order valence-electron chi connectivity index (χ2n) is 7.63. The molecule has 1 N–H and O–H groups in total. The van der Waals surface area contributed by atoms with Crippen molar-refractivity contribution in [2.75, 3.05) is 13.1 Å². The van der Waals surface area contributed by atoms with Crippen LogP contribution in [-0.4, -0.2) is 31.4 Å². The van der Waals surface area contributed by atoms with Crippen LogP contribution in [0, 0.1) is 5.92 Å². The van der Waals surface area contributed by atoms with Gasteiger partial charge in [0.25, 0.3) is 0 Å². The van der Waals surface area contributed by atoms with Crippen molar-refractivity contribution in [1.82, 2.24) is 5.32 Å². The summed E-state index contributed by atoms with van der Waals surface area (Å²) in [6.45, 7) is 15.3. The summed E-state index contributed by atoms with van der Waals surface area (Å²) in [5.74, 6) is 0.628. The van der Waals surface area contributed by atoms with Crippen molar-refractivity contribution in [3.8, 4) is 0 Å². The van der Waals surface area contributed by atoms with Crippen LogP contribution in [0.5, 0.6) is 0 Å². The van der Waals surface area contributed by atoms with Gasteiger partial charge in [0.15, 0.2) is 0 Å². The molecule has 0 amide bonds. The third kappa shape index (κ3) is 6.29. The molecule has 124 valence electrons. The smallest absolute Gasteiger partial charge is 0.403 e. The lowest BCUT2D eigenvalue weighted by Crippen LogP contribution is -2.41. The van der Waals surface area contributed by atoms with Crippen molar-refractivity contribution < 1.29 is 9.31 Å². The molecule has 1 unspecified atom stereocenters. The van der Waals surface area contributed by atoms with Crippen LogP contribution in [-0.2, 0) is 9.31 Å². The third-order valence-corrected chi connectivity index (χ3v) is 4.92. The fourth-order valence-electron chi connectivity index (χ4n) is 2.66. The maximum atomic E-state index is 6.06. The first-order chi connectivity index (χ1) is 9.78. The summed E-state index contributed by atoms with van der Waals surface area (Å²) in [4.78, 5) is 0. The van der Waals surface area contributed by atoms with Crippen molar-refractivity contribution in [1.29, 1.82) is 0 Å². The molecule has 1 fully saturated rings. The van der Waals surface area contributed by atoms with E-state index in [1.165, 1.54) is 32.1 Å². The van der Waals surface area contributed by atoms with Gasteiger partial charge in [0.1, 0.15) is 0 Å². The van der Waals surface area contributed by atoms with E-state index in [2.05, 4.69) is 46.9 Å². The zero-order valence-corrected chi connectivity index (χ0v) is 15.1. The van der Waals surface area contributed by atoms with Crippen LogP contribution in [0.25, 0.3) is 0 Å². The topological polar surface area (TPSA) is 30.5 Å². The lowest BCUT2D eigenvalue weighted by Gasteiger charge is -2.32. The zero-order chi connectivity index (χ0) is 15.9. The summed E-state index contributed by atoms with van der Waals surface area (Å²) in [5.41, 5.74) is -0.399. The van der Waals surface area contributed by atoms with Gasteiger partial charge < -0.3 is 14.6 Å². The first kappa shape index (κ1) is 19.0. The van der Waals surface area contributed by atoms with Crippen LogP contribution >= 0.6 is 0 Å². The normalized spacial score (nSPS) is 21.7. The Morgan fingerprint density at radius 3 is 2.14 bits per heavy atom. The molecule has 1 aliphatic heterocycles. The highest BCUT2D eigenvalue weighted by Gasteiger charge is 2.50. The molecule has 0 aromatic heterocycles. The Balaban J connectivity index is 2.11. The van der Waals surface area contributed by atoms with Gasteiger partial charge in [-0.2, -0.15) is 0 Å². The Morgan fingerprint density at radius 2 is 1.57 bits per heavy atom. The highest BCUT2D eigenvalue weighted by Crippen LogP contribution is 2.38. The van der Waals surface area contributed by atoms with Crippen molar-refractivity contribution in [2.45, 2.75) is 91.2 Å². The minimum absolute atomic E-state index is 0.0467.